The lowest BCUT2D eigenvalue weighted by molar-refractivity contribution is 0.0734. The minimum Gasteiger partial charge on any atom is -0.497 e. The SMILES string of the molecule is COc1cccc(C(=O)Oc2ccc(C(=O)C=Cc3ccc(Cl)cc3Cl)cc2)c1. The standard InChI is InChI=1S/C23H16Cl2O4/c1-28-20-4-2-3-17(13-20)23(27)29-19-10-6-16(7-11-19)22(26)12-8-15-5-9-18(24)14-21(15)25/h2-14H,1H3. The maximum atomic E-state index is 12.3. The number of hydrogen-bond acceptors (Lipinski definition) is 4. The van der Waals surface area contributed by atoms with E-state index in [2.05, 4.69) is 0 Å². The lowest BCUT2D eigenvalue weighted by Gasteiger charge is -2.06. The third-order valence-electron chi connectivity index (χ3n) is 4.03. The van der Waals surface area contributed by atoms with Gasteiger partial charge in [-0.15, -0.1) is 0 Å². The lowest BCUT2D eigenvalue weighted by Crippen LogP contribution is -2.08. The summed E-state index contributed by atoms with van der Waals surface area (Å²) in [6.07, 6.45) is 3.05. The van der Waals surface area contributed by atoms with E-state index in [9.17, 15) is 9.59 Å². The Morgan fingerprint density at radius 3 is 2.31 bits per heavy atom. The normalized spacial score (nSPS) is 10.7. The highest BCUT2D eigenvalue weighted by molar-refractivity contribution is 6.35. The Bertz CT molecular complexity index is 1070. The van der Waals surface area contributed by atoms with Gasteiger partial charge in [0.25, 0.3) is 0 Å². The van der Waals surface area contributed by atoms with Crippen LogP contribution in [0.1, 0.15) is 26.3 Å². The van der Waals surface area contributed by atoms with Gasteiger partial charge in [0.2, 0.25) is 0 Å². The molecule has 0 atom stereocenters. The van der Waals surface area contributed by atoms with Gasteiger partial charge in [-0.1, -0.05) is 35.3 Å². The molecule has 0 aliphatic carbocycles. The molecular formula is C23H16Cl2O4. The number of carbonyl (C=O) groups excluding carboxylic acids is 2. The van der Waals surface area contributed by atoms with E-state index < -0.39 is 5.97 Å². The highest BCUT2D eigenvalue weighted by Gasteiger charge is 2.10. The van der Waals surface area contributed by atoms with Gasteiger partial charge in [0.1, 0.15) is 11.5 Å². The van der Waals surface area contributed by atoms with Crippen molar-refractivity contribution in [2.75, 3.05) is 7.11 Å². The second kappa shape index (κ2) is 9.41. The molecule has 0 amide bonds. The van der Waals surface area contributed by atoms with Gasteiger partial charge in [0.05, 0.1) is 12.7 Å². The second-order valence-corrected chi connectivity index (χ2v) is 6.85. The molecule has 0 aromatic heterocycles. The van der Waals surface area contributed by atoms with E-state index in [0.29, 0.717) is 38.2 Å². The summed E-state index contributed by atoms with van der Waals surface area (Å²) in [6.45, 7) is 0. The van der Waals surface area contributed by atoms with Crippen molar-refractivity contribution in [1.82, 2.24) is 0 Å². The van der Waals surface area contributed by atoms with Crippen LogP contribution in [0.5, 0.6) is 11.5 Å². The van der Waals surface area contributed by atoms with Crippen molar-refractivity contribution >= 4 is 41.0 Å². The molecule has 0 radical (unpaired) electrons. The number of esters is 1. The van der Waals surface area contributed by atoms with Crippen LogP contribution < -0.4 is 9.47 Å². The Labute approximate surface area is 178 Å². The van der Waals surface area contributed by atoms with E-state index in [-0.39, 0.29) is 5.78 Å². The van der Waals surface area contributed by atoms with Crippen LogP contribution >= 0.6 is 23.2 Å². The van der Waals surface area contributed by atoms with E-state index in [4.69, 9.17) is 32.7 Å². The van der Waals surface area contributed by atoms with Crippen molar-refractivity contribution in [3.8, 4) is 11.5 Å². The first kappa shape index (κ1) is 20.6. The number of carbonyl (C=O) groups is 2. The maximum Gasteiger partial charge on any atom is 0.343 e. The molecule has 29 heavy (non-hydrogen) atoms. The second-order valence-electron chi connectivity index (χ2n) is 6.01. The summed E-state index contributed by atoms with van der Waals surface area (Å²) >= 11 is 12.0. The minimum atomic E-state index is -0.514. The zero-order valence-electron chi connectivity index (χ0n) is 15.4. The van der Waals surface area contributed by atoms with Crippen molar-refractivity contribution in [2.45, 2.75) is 0 Å². The predicted octanol–water partition coefficient (Wildman–Crippen LogP) is 6.12. The van der Waals surface area contributed by atoms with Crippen LogP contribution in [0.4, 0.5) is 0 Å². The monoisotopic (exact) mass is 426 g/mol. The van der Waals surface area contributed by atoms with Crippen LogP contribution in [-0.2, 0) is 0 Å². The number of benzene rings is 3. The lowest BCUT2D eigenvalue weighted by atomic mass is 10.1. The van der Waals surface area contributed by atoms with E-state index in [1.807, 2.05) is 0 Å². The van der Waals surface area contributed by atoms with Gasteiger partial charge >= 0.3 is 5.97 Å². The fourth-order valence-electron chi connectivity index (χ4n) is 2.50. The molecule has 6 heteroatoms. The van der Waals surface area contributed by atoms with Crippen LogP contribution in [0.25, 0.3) is 6.08 Å². The van der Waals surface area contributed by atoms with Gasteiger partial charge in [-0.2, -0.15) is 0 Å². The molecule has 0 spiro atoms. The molecule has 0 saturated heterocycles. The van der Waals surface area contributed by atoms with Gasteiger partial charge in [0, 0.05) is 15.6 Å². The summed E-state index contributed by atoms with van der Waals surface area (Å²) in [5, 5.41) is 0.985. The van der Waals surface area contributed by atoms with E-state index in [1.54, 1.807) is 72.8 Å². The predicted molar refractivity (Wildman–Crippen MR) is 114 cm³/mol. The molecule has 0 saturated carbocycles. The summed E-state index contributed by atoms with van der Waals surface area (Å²) < 4.78 is 10.4. The van der Waals surface area contributed by atoms with E-state index >= 15 is 0 Å². The molecule has 0 N–H and O–H groups in total. The molecule has 3 aromatic rings. The zero-order chi connectivity index (χ0) is 20.8. The molecule has 4 nitrogen and oxygen atoms in total. The molecule has 0 fully saturated rings. The number of halogens is 2. The largest absolute Gasteiger partial charge is 0.497 e. The minimum absolute atomic E-state index is 0.207. The number of ether oxygens (including phenoxy) is 2. The van der Waals surface area contributed by atoms with Crippen molar-refractivity contribution in [3.05, 3.63) is 99.5 Å². The quantitative estimate of drug-likeness (QED) is 0.206. The summed E-state index contributed by atoms with van der Waals surface area (Å²) in [4.78, 5) is 24.6. The topological polar surface area (TPSA) is 52.6 Å². The third kappa shape index (κ3) is 5.47. The fourth-order valence-corrected chi connectivity index (χ4v) is 2.97. The van der Waals surface area contributed by atoms with Crippen molar-refractivity contribution < 1.29 is 19.1 Å². The summed E-state index contributed by atoms with van der Waals surface area (Å²) in [5.41, 5.74) is 1.51. The number of ketones is 1. The Kier molecular flexibility index (Phi) is 6.70. The highest BCUT2D eigenvalue weighted by Crippen LogP contribution is 2.22. The number of methoxy groups -OCH3 is 1. The van der Waals surface area contributed by atoms with Crippen LogP contribution in [0.3, 0.4) is 0 Å². The summed E-state index contributed by atoms with van der Waals surface area (Å²) in [7, 11) is 1.52. The molecule has 0 unspecified atom stereocenters. The smallest absolute Gasteiger partial charge is 0.343 e. The highest BCUT2D eigenvalue weighted by atomic mass is 35.5. The van der Waals surface area contributed by atoms with Gasteiger partial charge < -0.3 is 9.47 Å². The Morgan fingerprint density at radius 2 is 1.62 bits per heavy atom. The van der Waals surface area contributed by atoms with Crippen molar-refractivity contribution in [1.29, 1.82) is 0 Å². The molecule has 3 rings (SSSR count). The maximum absolute atomic E-state index is 12.3. The number of rotatable bonds is 6. The summed E-state index contributed by atoms with van der Waals surface area (Å²) in [5.74, 6) is 0.175. The van der Waals surface area contributed by atoms with Crippen LogP contribution in [0.2, 0.25) is 10.0 Å². The first-order valence-electron chi connectivity index (χ1n) is 8.60. The summed E-state index contributed by atoms with van der Waals surface area (Å²) in [6, 6.07) is 18.0. The van der Waals surface area contributed by atoms with Crippen molar-refractivity contribution in [2.24, 2.45) is 0 Å². The average Bonchev–Trinajstić information content (AvgIpc) is 2.73. The van der Waals surface area contributed by atoms with Gasteiger partial charge in [-0.3, -0.25) is 4.79 Å². The molecule has 3 aromatic carbocycles. The van der Waals surface area contributed by atoms with Gasteiger partial charge in [-0.25, -0.2) is 4.79 Å². The Morgan fingerprint density at radius 1 is 0.862 bits per heavy atom. The first-order valence-corrected chi connectivity index (χ1v) is 9.35. The molecule has 146 valence electrons. The van der Waals surface area contributed by atoms with Crippen LogP contribution in [0, 0.1) is 0 Å². The molecule has 0 bridgehead atoms. The molecule has 0 aliphatic heterocycles. The molecular weight excluding hydrogens is 411 g/mol. The average molecular weight is 427 g/mol. The molecule has 0 heterocycles. The van der Waals surface area contributed by atoms with Gasteiger partial charge in [-0.05, 0) is 72.3 Å². The Hall–Kier alpha value is -3.08. The van der Waals surface area contributed by atoms with Crippen molar-refractivity contribution in [3.63, 3.8) is 0 Å². The van der Waals surface area contributed by atoms with E-state index in [0.717, 1.165) is 0 Å². The zero-order valence-corrected chi connectivity index (χ0v) is 16.9. The Balaban J connectivity index is 1.66. The number of hydrogen-bond donors (Lipinski definition) is 0. The van der Waals surface area contributed by atoms with Gasteiger partial charge in [0.15, 0.2) is 5.78 Å². The fraction of sp³-hybridized carbons (Fsp3) is 0.0435. The van der Waals surface area contributed by atoms with E-state index in [1.165, 1.54) is 13.2 Å². The van der Waals surface area contributed by atoms with Crippen LogP contribution in [0.15, 0.2) is 72.8 Å². The third-order valence-corrected chi connectivity index (χ3v) is 4.59. The molecule has 0 aliphatic rings. The van der Waals surface area contributed by atoms with Crippen LogP contribution in [-0.4, -0.2) is 18.9 Å². The number of allylic oxidation sites excluding steroid dienone is 1. The first-order chi connectivity index (χ1) is 14.0.